The molecule has 0 atom stereocenters. The van der Waals surface area contributed by atoms with Gasteiger partial charge in [-0.15, -0.1) is 0 Å². The first-order valence-corrected chi connectivity index (χ1v) is 19.2. The maximum atomic E-state index is 10.8. The van der Waals surface area contributed by atoms with Crippen molar-refractivity contribution in [2.75, 3.05) is 0 Å². The number of benzene rings is 6. The van der Waals surface area contributed by atoms with Crippen LogP contribution < -0.4 is 0 Å². The maximum Gasteiger partial charge on any atom is 0.164 e. The quantitative estimate of drug-likeness (QED) is 0.185. The van der Waals surface area contributed by atoms with Crippen molar-refractivity contribution in [1.29, 1.82) is 5.26 Å². The average molecular weight is 683 g/mol. The lowest BCUT2D eigenvalue weighted by molar-refractivity contribution is -0.0399. The highest BCUT2D eigenvalue weighted by molar-refractivity contribution is 5.90. The van der Waals surface area contributed by atoms with Crippen LogP contribution in [0.2, 0.25) is 0 Å². The molecule has 6 aromatic carbocycles. The Hall–Kier alpha value is -5.92. The van der Waals surface area contributed by atoms with Gasteiger partial charge in [-0.2, -0.15) is 5.26 Å². The molecular weight excluding hydrogens is 645 g/mol. The van der Waals surface area contributed by atoms with Crippen LogP contribution in [0.4, 0.5) is 0 Å². The van der Waals surface area contributed by atoms with E-state index in [4.69, 9.17) is 15.0 Å². The highest BCUT2D eigenvalue weighted by Crippen LogP contribution is 2.69. The Balaban J connectivity index is 1.08. The molecule has 0 aliphatic heterocycles. The lowest BCUT2D eigenvalue weighted by Gasteiger charge is -2.61. The third kappa shape index (κ3) is 4.56. The minimum Gasteiger partial charge on any atom is -0.208 e. The minimum atomic E-state index is -0.00994. The first kappa shape index (κ1) is 30.7. The van der Waals surface area contributed by atoms with Gasteiger partial charge in [0.05, 0.1) is 11.6 Å². The first-order valence-electron chi connectivity index (χ1n) is 19.2. The van der Waals surface area contributed by atoms with E-state index in [1.807, 2.05) is 18.2 Å². The third-order valence-electron chi connectivity index (χ3n) is 13.2. The molecule has 1 aromatic heterocycles. The molecule has 0 unspecified atom stereocenters. The summed E-state index contributed by atoms with van der Waals surface area (Å²) in [6, 6.07) is 47.9. The second-order valence-electron chi connectivity index (χ2n) is 16.0. The van der Waals surface area contributed by atoms with Crippen LogP contribution >= 0.6 is 0 Å². The van der Waals surface area contributed by atoms with Crippen LogP contribution in [0.5, 0.6) is 0 Å². The molecule has 12 rings (SSSR count). The van der Waals surface area contributed by atoms with Gasteiger partial charge in [0.1, 0.15) is 0 Å². The monoisotopic (exact) mass is 682 g/mol. The number of aromatic nitrogens is 3. The number of nitriles is 1. The number of fused-ring (bicyclic) bond motifs is 4. The Labute approximate surface area is 310 Å². The van der Waals surface area contributed by atoms with Crippen molar-refractivity contribution in [3.63, 3.8) is 0 Å². The SMILES string of the molecule is Cc1cc2ccccc2cc1-c1nc(-c2ccccc2)nc(-c2cccc(-c3cc(C#N)c4c(c3)C3(c5ccccc5-4)C4CC5CC(C4)CC3C5)c2)n1. The van der Waals surface area contributed by atoms with Gasteiger partial charge in [-0.05, 0) is 131 Å². The zero-order chi connectivity index (χ0) is 35.3. The van der Waals surface area contributed by atoms with Gasteiger partial charge in [0.25, 0.3) is 0 Å². The number of aryl methyl sites for hydroxylation is 1. The average Bonchev–Trinajstić information content (AvgIpc) is 3.50. The predicted molar refractivity (Wildman–Crippen MR) is 212 cm³/mol. The van der Waals surface area contributed by atoms with Crippen molar-refractivity contribution in [3.8, 4) is 62.5 Å². The molecule has 0 amide bonds. The largest absolute Gasteiger partial charge is 0.208 e. The maximum absolute atomic E-state index is 10.8. The van der Waals surface area contributed by atoms with Crippen LogP contribution in [0.3, 0.4) is 0 Å². The molecule has 53 heavy (non-hydrogen) atoms. The smallest absolute Gasteiger partial charge is 0.164 e. The Bertz CT molecular complexity index is 2640. The fourth-order valence-corrected chi connectivity index (χ4v) is 11.3. The first-order chi connectivity index (χ1) is 26.1. The molecule has 5 aliphatic carbocycles. The highest BCUT2D eigenvalue weighted by Gasteiger charge is 2.61. The van der Waals surface area contributed by atoms with Gasteiger partial charge < -0.3 is 0 Å². The van der Waals surface area contributed by atoms with E-state index in [0.29, 0.717) is 29.3 Å². The fourth-order valence-electron chi connectivity index (χ4n) is 11.3. The van der Waals surface area contributed by atoms with Crippen molar-refractivity contribution < 1.29 is 0 Å². The third-order valence-corrected chi connectivity index (χ3v) is 13.2. The summed E-state index contributed by atoms with van der Waals surface area (Å²) in [6.07, 6.45) is 6.66. The van der Waals surface area contributed by atoms with E-state index >= 15 is 0 Å². The van der Waals surface area contributed by atoms with Gasteiger partial charge in [-0.1, -0.05) is 103 Å². The van der Waals surface area contributed by atoms with Crippen LogP contribution in [-0.2, 0) is 5.41 Å². The topological polar surface area (TPSA) is 62.5 Å². The van der Waals surface area contributed by atoms with Gasteiger partial charge in [0.15, 0.2) is 17.5 Å². The molecule has 0 saturated heterocycles. The minimum absolute atomic E-state index is 0.00994. The summed E-state index contributed by atoms with van der Waals surface area (Å²) in [4.78, 5) is 15.3. The van der Waals surface area contributed by atoms with Crippen LogP contribution in [0, 0.1) is 41.9 Å². The number of hydrogen-bond acceptors (Lipinski definition) is 4. The van der Waals surface area contributed by atoms with Crippen molar-refractivity contribution in [2.45, 2.75) is 44.4 Å². The van der Waals surface area contributed by atoms with Crippen LogP contribution in [0.25, 0.3) is 67.2 Å². The molecule has 5 aliphatic rings. The molecule has 0 N–H and O–H groups in total. The fraction of sp³-hybridized carbons (Fsp3) is 0.224. The summed E-state index contributed by atoms with van der Waals surface area (Å²) in [7, 11) is 0. The van der Waals surface area contributed by atoms with E-state index in [0.717, 1.165) is 56.2 Å². The summed E-state index contributed by atoms with van der Waals surface area (Å²) in [5.74, 6) is 4.93. The molecule has 4 nitrogen and oxygen atoms in total. The van der Waals surface area contributed by atoms with Gasteiger partial charge in [-0.25, -0.2) is 15.0 Å². The van der Waals surface area contributed by atoms with Gasteiger partial charge in [0, 0.05) is 27.7 Å². The van der Waals surface area contributed by atoms with Gasteiger partial charge in [-0.3, -0.25) is 0 Å². The molecule has 4 heteroatoms. The Morgan fingerprint density at radius 2 is 1.15 bits per heavy atom. The molecule has 4 saturated carbocycles. The summed E-state index contributed by atoms with van der Waals surface area (Å²) in [5, 5.41) is 13.1. The standard InChI is InChI=1S/C49H38N4/c1-29-18-33-12-5-6-13-35(33)26-42(29)48-52-46(32-10-3-2-4-11-32)51-47(53-48)36-15-9-14-34(24-36)37-25-38(28-50)45-41-16-7-8-17-43(41)49(44(45)27-37)39-20-30-19-31(22-39)23-40(49)21-30/h2-18,24-27,30-31,39-40H,19-23H2,1H3. The van der Waals surface area contributed by atoms with Crippen molar-refractivity contribution >= 4 is 10.8 Å². The second-order valence-corrected chi connectivity index (χ2v) is 16.0. The van der Waals surface area contributed by atoms with Gasteiger partial charge >= 0.3 is 0 Å². The van der Waals surface area contributed by atoms with Gasteiger partial charge in [0.2, 0.25) is 0 Å². The predicted octanol–water partition coefficient (Wildman–Crippen LogP) is 11.6. The molecular formula is C49H38N4. The highest BCUT2D eigenvalue weighted by atomic mass is 15.0. The van der Waals surface area contributed by atoms with Crippen molar-refractivity contribution in [1.82, 2.24) is 15.0 Å². The van der Waals surface area contributed by atoms with E-state index < -0.39 is 0 Å². The van der Waals surface area contributed by atoms with E-state index in [1.54, 1.807) is 0 Å². The molecule has 4 fully saturated rings. The summed E-state index contributed by atoms with van der Waals surface area (Å²) in [5.41, 5.74) is 12.2. The number of nitrogens with zero attached hydrogens (tertiary/aromatic N) is 4. The van der Waals surface area contributed by atoms with E-state index in [9.17, 15) is 5.26 Å². The lowest BCUT2D eigenvalue weighted by atomic mass is 9.43. The summed E-state index contributed by atoms with van der Waals surface area (Å²) in [6.45, 7) is 2.13. The van der Waals surface area contributed by atoms with E-state index in [2.05, 4.69) is 122 Å². The van der Waals surface area contributed by atoms with Crippen LogP contribution in [0.15, 0.2) is 127 Å². The number of rotatable bonds is 4. The number of hydrogen-bond donors (Lipinski definition) is 0. The van der Waals surface area contributed by atoms with Crippen molar-refractivity contribution in [3.05, 3.63) is 150 Å². The summed E-state index contributed by atoms with van der Waals surface area (Å²) >= 11 is 0. The molecule has 4 bridgehead atoms. The molecule has 7 aromatic rings. The second kappa shape index (κ2) is 11.5. The van der Waals surface area contributed by atoms with Crippen LogP contribution in [0.1, 0.15) is 54.4 Å². The molecule has 1 spiro atoms. The lowest BCUT2D eigenvalue weighted by Crippen LogP contribution is -2.55. The normalized spacial score (nSPS) is 23.2. The summed E-state index contributed by atoms with van der Waals surface area (Å²) < 4.78 is 0. The van der Waals surface area contributed by atoms with E-state index in [1.165, 1.54) is 59.7 Å². The molecule has 1 heterocycles. The Morgan fingerprint density at radius 3 is 1.91 bits per heavy atom. The molecule has 254 valence electrons. The zero-order valence-electron chi connectivity index (χ0n) is 29.8. The van der Waals surface area contributed by atoms with Crippen molar-refractivity contribution in [2.24, 2.45) is 23.7 Å². The van der Waals surface area contributed by atoms with Crippen LogP contribution in [-0.4, -0.2) is 15.0 Å². The molecule has 0 radical (unpaired) electrons. The Kier molecular flexibility index (Phi) is 6.68. The Morgan fingerprint density at radius 1 is 0.528 bits per heavy atom. The zero-order valence-corrected chi connectivity index (χ0v) is 29.8. The van der Waals surface area contributed by atoms with E-state index in [-0.39, 0.29) is 5.41 Å².